The number of nitrogen functional groups attached to an aromatic ring is 1. The fourth-order valence-corrected chi connectivity index (χ4v) is 3.24. The fraction of sp³-hybridized carbons (Fsp3) is 0.105. The van der Waals surface area contributed by atoms with Gasteiger partial charge < -0.3 is 10.5 Å². The van der Waals surface area contributed by atoms with Gasteiger partial charge in [-0.2, -0.15) is 10.1 Å². The number of hydrogen-bond donors (Lipinski definition) is 1. The number of anilines is 2. The van der Waals surface area contributed by atoms with E-state index in [1.165, 1.54) is 17.4 Å². The number of ether oxygens (including phenoxy) is 1. The van der Waals surface area contributed by atoms with Crippen LogP contribution in [0.1, 0.15) is 12.0 Å². The molecule has 2 N–H and O–H groups in total. The topological polar surface area (TPSA) is 76.6 Å². The fourth-order valence-electron chi connectivity index (χ4n) is 2.89. The number of benzene rings is 2. The van der Waals surface area contributed by atoms with Gasteiger partial charge in [-0.1, -0.05) is 35.3 Å². The summed E-state index contributed by atoms with van der Waals surface area (Å²) in [5.41, 5.74) is 7.01. The molecule has 0 radical (unpaired) electrons. The van der Waals surface area contributed by atoms with Gasteiger partial charge in [-0.3, -0.25) is 0 Å². The van der Waals surface area contributed by atoms with Crippen molar-refractivity contribution in [3.63, 3.8) is 0 Å². The molecule has 29 heavy (non-hydrogen) atoms. The van der Waals surface area contributed by atoms with Gasteiger partial charge in [0.25, 0.3) is 0 Å². The molecule has 1 atom stereocenters. The molecule has 0 fully saturated rings. The third-order valence-electron chi connectivity index (χ3n) is 4.26. The lowest BCUT2D eigenvalue weighted by Crippen LogP contribution is -2.32. The molecular weight excluding hydrogens is 423 g/mol. The van der Waals surface area contributed by atoms with E-state index in [1.54, 1.807) is 24.3 Å². The van der Waals surface area contributed by atoms with Crippen LogP contribution in [-0.4, -0.2) is 21.9 Å². The standard InChI is InChI=1S/C19H13Cl2F2N5O/c20-12-3-1-2-4-15(12)28-16(29-19-17(24)18(21)25-9-26-19)8-14(27-28)11-6-5-10(22)7-13(11)23/h1-7,9,16H,8,24H2. The summed E-state index contributed by atoms with van der Waals surface area (Å²) in [5.74, 6) is -1.35. The van der Waals surface area contributed by atoms with Crippen molar-refractivity contribution in [1.82, 2.24) is 9.97 Å². The van der Waals surface area contributed by atoms with Crippen LogP contribution < -0.4 is 15.5 Å². The summed E-state index contributed by atoms with van der Waals surface area (Å²) in [5, 5.41) is 6.43. The molecule has 4 rings (SSSR count). The van der Waals surface area contributed by atoms with Crippen molar-refractivity contribution in [2.75, 3.05) is 10.7 Å². The first-order chi connectivity index (χ1) is 13.9. The SMILES string of the molecule is Nc1c(Cl)ncnc1OC1CC(c2ccc(F)cc2F)=NN1c1ccccc1Cl. The van der Waals surface area contributed by atoms with Crippen molar-refractivity contribution < 1.29 is 13.5 Å². The highest BCUT2D eigenvalue weighted by Gasteiger charge is 2.33. The molecule has 1 unspecified atom stereocenters. The Morgan fingerprint density at radius 2 is 1.90 bits per heavy atom. The zero-order valence-corrected chi connectivity index (χ0v) is 16.2. The summed E-state index contributed by atoms with van der Waals surface area (Å²) in [7, 11) is 0. The van der Waals surface area contributed by atoms with E-state index in [0.29, 0.717) is 16.4 Å². The molecule has 1 aliphatic rings. The monoisotopic (exact) mass is 435 g/mol. The first-order valence-corrected chi connectivity index (χ1v) is 9.19. The van der Waals surface area contributed by atoms with E-state index >= 15 is 0 Å². The maximum absolute atomic E-state index is 14.3. The number of halogens is 4. The van der Waals surface area contributed by atoms with Crippen LogP contribution >= 0.6 is 23.2 Å². The van der Waals surface area contributed by atoms with E-state index < -0.39 is 17.9 Å². The molecule has 1 aromatic heterocycles. The Balaban J connectivity index is 1.74. The molecule has 3 aromatic rings. The van der Waals surface area contributed by atoms with Gasteiger partial charge in [-0.15, -0.1) is 0 Å². The Kier molecular flexibility index (Phi) is 5.21. The van der Waals surface area contributed by atoms with E-state index in [2.05, 4.69) is 15.1 Å². The lowest BCUT2D eigenvalue weighted by Gasteiger charge is -2.24. The van der Waals surface area contributed by atoms with Crippen molar-refractivity contribution in [2.45, 2.75) is 12.6 Å². The largest absolute Gasteiger partial charge is 0.450 e. The third kappa shape index (κ3) is 3.81. The molecule has 1 aliphatic heterocycles. The molecule has 10 heteroatoms. The van der Waals surface area contributed by atoms with Crippen molar-refractivity contribution in [3.8, 4) is 5.88 Å². The van der Waals surface area contributed by atoms with Gasteiger partial charge in [0.2, 0.25) is 5.88 Å². The minimum absolute atomic E-state index is 0.0445. The summed E-state index contributed by atoms with van der Waals surface area (Å²) in [6.07, 6.45) is 0.626. The van der Waals surface area contributed by atoms with Crippen LogP contribution in [0.15, 0.2) is 53.9 Å². The molecule has 0 bridgehead atoms. The molecule has 0 aliphatic carbocycles. The van der Waals surface area contributed by atoms with Crippen molar-refractivity contribution in [2.24, 2.45) is 5.10 Å². The summed E-state index contributed by atoms with van der Waals surface area (Å²) < 4.78 is 33.5. The lowest BCUT2D eigenvalue weighted by atomic mass is 10.1. The second kappa shape index (κ2) is 7.81. The average molecular weight is 436 g/mol. The smallest absolute Gasteiger partial charge is 0.243 e. The minimum atomic E-state index is -0.748. The van der Waals surface area contributed by atoms with E-state index in [4.69, 9.17) is 33.7 Å². The van der Waals surface area contributed by atoms with Gasteiger partial charge in [0.05, 0.1) is 22.8 Å². The number of nitrogens with zero attached hydrogens (tertiary/aromatic N) is 4. The number of para-hydroxylation sites is 1. The van der Waals surface area contributed by atoms with Gasteiger partial charge in [-0.05, 0) is 24.3 Å². The first kappa shape index (κ1) is 19.4. The Morgan fingerprint density at radius 3 is 2.66 bits per heavy atom. The van der Waals surface area contributed by atoms with Crippen LogP contribution in [0.25, 0.3) is 0 Å². The third-order valence-corrected chi connectivity index (χ3v) is 4.88. The molecule has 0 spiro atoms. The first-order valence-electron chi connectivity index (χ1n) is 8.43. The van der Waals surface area contributed by atoms with Gasteiger partial charge in [0.15, 0.2) is 11.4 Å². The van der Waals surface area contributed by atoms with Gasteiger partial charge in [0, 0.05) is 11.6 Å². The van der Waals surface area contributed by atoms with E-state index in [1.807, 2.05) is 0 Å². The zero-order chi connectivity index (χ0) is 20.5. The molecular formula is C19H13Cl2F2N5O. The number of aromatic nitrogens is 2. The maximum Gasteiger partial charge on any atom is 0.243 e. The number of nitrogens with two attached hydrogens (primary N) is 1. The maximum atomic E-state index is 14.3. The van der Waals surface area contributed by atoms with Crippen molar-refractivity contribution in [3.05, 3.63) is 76.2 Å². The highest BCUT2D eigenvalue weighted by molar-refractivity contribution is 6.33. The number of hydrazone groups is 1. The van der Waals surface area contributed by atoms with E-state index in [-0.39, 0.29) is 28.7 Å². The molecule has 0 saturated carbocycles. The van der Waals surface area contributed by atoms with Gasteiger partial charge in [-0.25, -0.2) is 18.8 Å². The molecule has 2 aromatic carbocycles. The minimum Gasteiger partial charge on any atom is -0.450 e. The quantitative estimate of drug-likeness (QED) is 0.602. The van der Waals surface area contributed by atoms with Crippen LogP contribution in [0.5, 0.6) is 5.88 Å². The van der Waals surface area contributed by atoms with Crippen LogP contribution in [0.2, 0.25) is 10.2 Å². The highest BCUT2D eigenvalue weighted by atomic mass is 35.5. The molecule has 6 nitrogen and oxygen atoms in total. The molecule has 2 heterocycles. The second-order valence-corrected chi connectivity index (χ2v) is 6.89. The molecule has 148 valence electrons. The summed E-state index contributed by atoms with van der Waals surface area (Å²) >= 11 is 12.2. The summed E-state index contributed by atoms with van der Waals surface area (Å²) in [4.78, 5) is 7.79. The Bertz CT molecular complexity index is 1110. The van der Waals surface area contributed by atoms with Crippen LogP contribution in [-0.2, 0) is 0 Å². The summed E-state index contributed by atoms with van der Waals surface area (Å²) in [6, 6.07) is 10.3. The van der Waals surface area contributed by atoms with Crippen LogP contribution in [0, 0.1) is 11.6 Å². The van der Waals surface area contributed by atoms with Crippen molar-refractivity contribution in [1.29, 1.82) is 0 Å². The van der Waals surface area contributed by atoms with Gasteiger partial charge in [0.1, 0.15) is 23.6 Å². The Labute approximate surface area is 174 Å². The van der Waals surface area contributed by atoms with E-state index in [0.717, 1.165) is 12.1 Å². The average Bonchev–Trinajstić information content (AvgIpc) is 3.09. The van der Waals surface area contributed by atoms with E-state index in [9.17, 15) is 8.78 Å². The highest BCUT2D eigenvalue weighted by Crippen LogP contribution is 2.35. The predicted molar refractivity (Wildman–Crippen MR) is 107 cm³/mol. The summed E-state index contributed by atoms with van der Waals surface area (Å²) in [6.45, 7) is 0. The molecule has 0 saturated heterocycles. The Morgan fingerprint density at radius 1 is 1.10 bits per heavy atom. The Hall–Kier alpha value is -2.97. The predicted octanol–water partition coefficient (Wildman–Crippen LogP) is 4.66. The number of rotatable bonds is 4. The number of hydrogen-bond acceptors (Lipinski definition) is 6. The lowest BCUT2D eigenvalue weighted by molar-refractivity contribution is 0.206. The zero-order valence-electron chi connectivity index (χ0n) is 14.7. The molecule has 0 amide bonds. The van der Waals surface area contributed by atoms with Crippen LogP contribution in [0.3, 0.4) is 0 Å². The normalized spacial score (nSPS) is 16.1. The van der Waals surface area contributed by atoms with Crippen molar-refractivity contribution >= 4 is 40.3 Å². The second-order valence-electron chi connectivity index (χ2n) is 6.13. The van der Waals surface area contributed by atoms with Crippen LogP contribution in [0.4, 0.5) is 20.2 Å². The van der Waals surface area contributed by atoms with Gasteiger partial charge >= 0.3 is 0 Å².